The number of hydrogen-bond acceptors (Lipinski definition) is 3. The predicted octanol–water partition coefficient (Wildman–Crippen LogP) is 3.08. The van der Waals surface area contributed by atoms with Gasteiger partial charge in [-0.1, -0.05) is 22.0 Å². The van der Waals surface area contributed by atoms with E-state index in [0.717, 1.165) is 41.6 Å². The normalized spacial score (nSPS) is 34.9. The lowest BCUT2D eigenvalue weighted by molar-refractivity contribution is -0.0358. The van der Waals surface area contributed by atoms with E-state index in [0.29, 0.717) is 6.04 Å². The van der Waals surface area contributed by atoms with Crippen LogP contribution in [0.15, 0.2) is 22.7 Å². The molecule has 2 aliphatic rings. The molecule has 2 heterocycles. The Kier molecular flexibility index (Phi) is 3.36. The molecule has 3 nitrogen and oxygen atoms in total. The number of fused-ring (bicyclic) bond motifs is 1. The lowest BCUT2D eigenvalue weighted by Gasteiger charge is -2.48. The van der Waals surface area contributed by atoms with Gasteiger partial charge in [-0.25, -0.2) is 0 Å². The van der Waals surface area contributed by atoms with Crippen LogP contribution >= 0.6 is 15.9 Å². The summed E-state index contributed by atoms with van der Waals surface area (Å²) in [5.74, 6) is 0.963. The molecule has 0 aromatic heterocycles. The monoisotopic (exact) mass is 324 g/mol. The molecule has 0 amide bonds. The van der Waals surface area contributed by atoms with Gasteiger partial charge in [-0.15, -0.1) is 0 Å². The highest BCUT2D eigenvalue weighted by molar-refractivity contribution is 9.10. The molecular weight excluding hydrogens is 304 g/mol. The number of nitrogens with two attached hydrogens (primary N) is 1. The van der Waals surface area contributed by atoms with Gasteiger partial charge in [0.25, 0.3) is 0 Å². The summed E-state index contributed by atoms with van der Waals surface area (Å²) in [7, 11) is 2.19. The van der Waals surface area contributed by atoms with E-state index < -0.39 is 0 Å². The van der Waals surface area contributed by atoms with Gasteiger partial charge in [-0.2, -0.15) is 0 Å². The lowest BCUT2D eigenvalue weighted by atomic mass is 9.78. The fraction of sp³-hybridized carbons (Fsp3) is 0.600. The topological polar surface area (TPSA) is 38.5 Å². The highest BCUT2D eigenvalue weighted by Crippen LogP contribution is 2.45. The molecule has 4 heteroatoms. The molecule has 1 saturated heterocycles. The van der Waals surface area contributed by atoms with Crippen molar-refractivity contribution in [3.05, 3.63) is 28.2 Å². The van der Waals surface area contributed by atoms with Crippen molar-refractivity contribution >= 4 is 15.9 Å². The number of hydrogen-bond donors (Lipinski definition) is 1. The molecule has 3 atom stereocenters. The summed E-state index contributed by atoms with van der Waals surface area (Å²) in [6, 6.07) is 6.81. The van der Waals surface area contributed by atoms with Gasteiger partial charge in [0, 0.05) is 41.5 Å². The Balaban J connectivity index is 1.91. The van der Waals surface area contributed by atoms with Crippen molar-refractivity contribution in [2.24, 2.45) is 5.73 Å². The van der Waals surface area contributed by atoms with Crippen molar-refractivity contribution < 1.29 is 4.74 Å². The van der Waals surface area contributed by atoms with Crippen LogP contribution in [0.4, 0.5) is 0 Å². The third-order valence-electron chi connectivity index (χ3n) is 4.63. The van der Waals surface area contributed by atoms with E-state index in [1.807, 2.05) is 6.07 Å². The average Bonchev–Trinajstić information content (AvgIpc) is 2.34. The lowest BCUT2D eigenvalue weighted by Crippen LogP contribution is -2.53. The van der Waals surface area contributed by atoms with Crippen LogP contribution in [0.2, 0.25) is 0 Å². The predicted molar refractivity (Wildman–Crippen MR) is 80.4 cm³/mol. The van der Waals surface area contributed by atoms with Gasteiger partial charge in [-0.3, -0.25) is 0 Å². The summed E-state index contributed by atoms with van der Waals surface area (Å²) in [4.78, 5) is 2.40. The van der Waals surface area contributed by atoms with E-state index in [9.17, 15) is 0 Å². The molecule has 1 fully saturated rings. The van der Waals surface area contributed by atoms with E-state index in [-0.39, 0.29) is 11.6 Å². The second kappa shape index (κ2) is 4.76. The van der Waals surface area contributed by atoms with Crippen molar-refractivity contribution in [3.63, 3.8) is 0 Å². The van der Waals surface area contributed by atoms with E-state index in [4.69, 9.17) is 10.5 Å². The first-order valence-corrected chi connectivity index (χ1v) is 7.73. The van der Waals surface area contributed by atoms with Gasteiger partial charge < -0.3 is 15.4 Å². The van der Waals surface area contributed by atoms with Crippen molar-refractivity contribution in [1.29, 1.82) is 0 Å². The van der Waals surface area contributed by atoms with Gasteiger partial charge in [-0.05, 0) is 32.5 Å². The number of rotatable bonds is 0. The summed E-state index contributed by atoms with van der Waals surface area (Å²) in [6.45, 7) is 3.35. The van der Waals surface area contributed by atoms with Crippen LogP contribution in [-0.4, -0.2) is 30.1 Å². The van der Waals surface area contributed by atoms with Crippen LogP contribution in [-0.2, 0) is 0 Å². The first kappa shape index (κ1) is 13.4. The number of ether oxygens (including phenoxy) is 1. The van der Waals surface area contributed by atoms with Gasteiger partial charge in [0.1, 0.15) is 11.4 Å². The van der Waals surface area contributed by atoms with Crippen LogP contribution < -0.4 is 10.5 Å². The van der Waals surface area contributed by atoms with Gasteiger partial charge in [0.2, 0.25) is 0 Å². The van der Waals surface area contributed by atoms with Crippen LogP contribution in [0.25, 0.3) is 0 Å². The summed E-state index contributed by atoms with van der Waals surface area (Å²) >= 11 is 3.52. The average molecular weight is 325 g/mol. The maximum absolute atomic E-state index is 6.39. The number of nitrogens with zero attached hydrogens (tertiary/aromatic N) is 1. The number of halogens is 1. The first-order valence-electron chi connectivity index (χ1n) is 6.93. The molecule has 1 spiro atoms. The van der Waals surface area contributed by atoms with E-state index in [1.165, 1.54) is 0 Å². The zero-order valence-corrected chi connectivity index (χ0v) is 13.1. The molecule has 2 aliphatic heterocycles. The summed E-state index contributed by atoms with van der Waals surface area (Å²) < 4.78 is 7.45. The third kappa shape index (κ3) is 2.41. The van der Waals surface area contributed by atoms with E-state index in [2.05, 4.69) is 46.9 Å². The smallest absolute Gasteiger partial charge is 0.126 e. The minimum atomic E-state index is -0.0703. The Labute approximate surface area is 123 Å². The van der Waals surface area contributed by atoms with Gasteiger partial charge in [0.15, 0.2) is 0 Å². The van der Waals surface area contributed by atoms with Crippen LogP contribution in [0.3, 0.4) is 0 Å². The molecule has 2 N–H and O–H groups in total. The number of likely N-dealkylation sites (tertiary alicyclic amines) is 1. The summed E-state index contributed by atoms with van der Waals surface area (Å²) in [6.07, 6.45) is 3.05. The Bertz CT molecular complexity index is 493. The van der Waals surface area contributed by atoms with Crippen molar-refractivity contribution in [3.8, 4) is 5.75 Å². The Morgan fingerprint density at radius 1 is 1.42 bits per heavy atom. The molecule has 104 valence electrons. The van der Waals surface area contributed by atoms with Crippen LogP contribution in [0.1, 0.15) is 37.8 Å². The van der Waals surface area contributed by atoms with E-state index >= 15 is 0 Å². The second-order valence-corrected chi connectivity index (χ2v) is 6.98. The highest BCUT2D eigenvalue weighted by Gasteiger charge is 2.43. The van der Waals surface area contributed by atoms with Crippen LogP contribution in [0, 0.1) is 0 Å². The minimum absolute atomic E-state index is 0.0703. The van der Waals surface area contributed by atoms with Crippen molar-refractivity contribution in [2.75, 3.05) is 13.6 Å². The number of piperidine rings is 1. The molecule has 0 bridgehead atoms. The molecule has 0 radical (unpaired) electrons. The quantitative estimate of drug-likeness (QED) is 0.797. The Morgan fingerprint density at radius 3 is 2.95 bits per heavy atom. The molecule has 1 aromatic carbocycles. The SMILES string of the molecule is CC1CC2(CCN1C)C[C@H](N)c1ccc(Br)cc1O2. The van der Waals surface area contributed by atoms with Crippen molar-refractivity contribution in [1.82, 2.24) is 4.90 Å². The molecule has 1 aromatic rings. The zero-order chi connectivity index (χ0) is 13.6. The van der Waals surface area contributed by atoms with Gasteiger partial charge >= 0.3 is 0 Å². The molecule has 19 heavy (non-hydrogen) atoms. The Hall–Kier alpha value is -0.580. The fourth-order valence-electron chi connectivity index (χ4n) is 3.36. The maximum Gasteiger partial charge on any atom is 0.126 e. The molecular formula is C15H21BrN2O. The highest BCUT2D eigenvalue weighted by atomic mass is 79.9. The first-order chi connectivity index (χ1) is 8.99. The largest absolute Gasteiger partial charge is 0.487 e. The van der Waals surface area contributed by atoms with Gasteiger partial charge in [0.05, 0.1) is 0 Å². The van der Waals surface area contributed by atoms with Crippen LogP contribution in [0.5, 0.6) is 5.75 Å². The molecule has 0 saturated carbocycles. The molecule has 0 aliphatic carbocycles. The summed E-state index contributed by atoms with van der Waals surface area (Å²) in [5, 5.41) is 0. The zero-order valence-electron chi connectivity index (χ0n) is 11.5. The van der Waals surface area contributed by atoms with E-state index in [1.54, 1.807) is 0 Å². The Morgan fingerprint density at radius 2 is 2.21 bits per heavy atom. The van der Waals surface area contributed by atoms with Crippen molar-refractivity contribution in [2.45, 2.75) is 43.9 Å². The summed E-state index contributed by atoms with van der Waals surface area (Å²) in [5.41, 5.74) is 7.44. The maximum atomic E-state index is 6.39. The molecule has 3 rings (SSSR count). The minimum Gasteiger partial charge on any atom is -0.487 e. The standard InChI is InChI=1S/C15H21BrN2O/c1-10-8-15(5-6-18(10)2)9-13(17)12-4-3-11(16)7-14(12)19-15/h3-4,7,10,13H,5-6,8-9,17H2,1-2H3/t10?,13-,15?/m0/s1. The molecule has 2 unspecified atom stereocenters. The third-order valence-corrected chi connectivity index (χ3v) is 5.13. The number of benzene rings is 1. The second-order valence-electron chi connectivity index (χ2n) is 6.06. The fourth-order valence-corrected chi connectivity index (χ4v) is 3.70.